The van der Waals surface area contributed by atoms with Crippen molar-refractivity contribution in [3.63, 3.8) is 0 Å². The summed E-state index contributed by atoms with van der Waals surface area (Å²) < 4.78 is 4.56. The van der Waals surface area contributed by atoms with Gasteiger partial charge in [0.1, 0.15) is 0 Å². The van der Waals surface area contributed by atoms with Gasteiger partial charge in [0.2, 0.25) is 6.39 Å². The van der Waals surface area contributed by atoms with Crippen LogP contribution in [-0.4, -0.2) is 32.7 Å². The minimum atomic E-state index is -1.24. The fraction of sp³-hybridized carbons (Fsp3) is 0.182. The van der Waals surface area contributed by atoms with Gasteiger partial charge in [-0.15, -0.1) is 0 Å². The maximum absolute atomic E-state index is 11.1. The summed E-state index contributed by atoms with van der Waals surface area (Å²) in [6, 6.07) is 3.61. The van der Waals surface area contributed by atoms with Crippen LogP contribution in [0.4, 0.5) is 11.4 Å². The van der Waals surface area contributed by atoms with Crippen LogP contribution in [0.1, 0.15) is 16.2 Å². The summed E-state index contributed by atoms with van der Waals surface area (Å²) in [4.78, 5) is 24.9. The SMILES string of the molecule is O=C(O)c1cc([N+](=O)[O-])ccc1NCCc1ncon1. The lowest BCUT2D eigenvalue weighted by Gasteiger charge is -2.08. The zero-order valence-electron chi connectivity index (χ0n) is 10.1. The lowest BCUT2D eigenvalue weighted by molar-refractivity contribution is -0.384. The van der Waals surface area contributed by atoms with Crippen LogP contribution in [-0.2, 0) is 6.42 Å². The highest BCUT2D eigenvalue weighted by Crippen LogP contribution is 2.22. The van der Waals surface area contributed by atoms with Gasteiger partial charge in [-0.3, -0.25) is 10.1 Å². The quantitative estimate of drug-likeness (QED) is 0.597. The average Bonchev–Trinajstić information content (AvgIpc) is 2.91. The van der Waals surface area contributed by atoms with Gasteiger partial charge >= 0.3 is 5.97 Å². The number of non-ortho nitro benzene ring substituents is 1. The van der Waals surface area contributed by atoms with Gasteiger partial charge in [0.15, 0.2) is 5.82 Å². The first-order chi connectivity index (χ1) is 9.58. The van der Waals surface area contributed by atoms with Crippen LogP contribution in [0.5, 0.6) is 0 Å². The Kier molecular flexibility index (Phi) is 3.89. The first-order valence-electron chi connectivity index (χ1n) is 5.59. The third kappa shape index (κ3) is 3.07. The van der Waals surface area contributed by atoms with Crippen LogP contribution in [0.2, 0.25) is 0 Å². The highest BCUT2D eigenvalue weighted by molar-refractivity contribution is 5.95. The van der Waals surface area contributed by atoms with Gasteiger partial charge in [0, 0.05) is 30.8 Å². The number of benzene rings is 1. The van der Waals surface area contributed by atoms with Crippen LogP contribution in [0.3, 0.4) is 0 Å². The number of nitro benzene ring substituents is 1. The minimum Gasteiger partial charge on any atom is -0.478 e. The Labute approximate surface area is 112 Å². The highest BCUT2D eigenvalue weighted by Gasteiger charge is 2.15. The molecule has 0 atom stereocenters. The predicted octanol–water partition coefficient (Wildman–Crippen LogP) is 1.33. The van der Waals surface area contributed by atoms with E-state index in [0.717, 1.165) is 6.07 Å². The largest absolute Gasteiger partial charge is 0.478 e. The van der Waals surface area contributed by atoms with E-state index in [1.165, 1.54) is 18.5 Å². The van der Waals surface area contributed by atoms with Gasteiger partial charge in [-0.1, -0.05) is 5.16 Å². The van der Waals surface area contributed by atoms with Gasteiger partial charge < -0.3 is 14.9 Å². The van der Waals surface area contributed by atoms with E-state index in [1.807, 2.05) is 0 Å². The molecule has 0 saturated heterocycles. The molecule has 0 bridgehead atoms. The average molecular weight is 278 g/mol. The number of carbonyl (C=O) groups is 1. The molecule has 0 aliphatic carbocycles. The number of anilines is 1. The first kappa shape index (κ1) is 13.5. The van der Waals surface area contributed by atoms with E-state index >= 15 is 0 Å². The van der Waals surface area contributed by atoms with E-state index in [4.69, 9.17) is 5.11 Å². The van der Waals surface area contributed by atoms with Crippen LogP contribution in [0.15, 0.2) is 29.1 Å². The number of aromatic carboxylic acids is 1. The van der Waals surface area contributed by atoms with Crippen molar-refractivity contribution in [3.05, 3.63) is 46.1 Å². The predicted molar refractivity (Wildman–Crippen MR) is 66.5 cm³/mol. The molecule has 1 heterocycles. The maximum atomic E-state index is 11.1. The second kappa shape index (κ2) is 5.78. The molecule has 0 spiro atoms. The molecule has 104 valence electrons. The van der Waals surface area contributed by atoms with Crippen molar-refractivity contribution in [2.45, 2.75) is 6.42 Å². The topological polar surface area (TPSA) is 131 Å². The summed E-state index contributed by atoms with van der Waals surface area (Å²) in [5.41, 5.74) is -0.134. The number of rotatable bonds is 6. The minimum absolute atomic E-state index is 0.160. The molecule has 0 saturated carbocycles. The molecule has 9 nitrogen and oxygen atoms in total. The Morgan fingerprint density at radius 1 is 1.50 bits per heavy atom. The Bertz CT molecular complexity index is 626. The summed E-state index contributed by atoms with van der Waals surface area (Å²) in [7, 11) is 0. The number of carboxylic acids is 1. The molecule has 0 aliphatic heterocycles. The second-order valence-electron chi connectivity index (χ2n) is 3.82. The summed E-state index contributed by atoms with van der Waals surface area (Å²) in [6.45, 7) is 0.373. The number of aromatic nitrogens is 2. The Hall–Kier alpha value is -2.97. The van der Waals surface area contributed by atoms with Crippen LogP contribution in [0, 0.1) is 10.1 Å². The van der Waals surface area contributed by atoms with Gasteiger partial charge in [0.05, 0.1) is 10.5 Å². The summed E-state index contributed by atoms with van der Waals surface area (Å²) in [5, 5.41) is 26.2. The van der Waals surface area contributed by atoms with Crippen molar-refractivity contribution in [3.8, 4) is 0 Å². The molecule has 2 N–H and O–H groups in total. The third-order valence-electron chi connectivity index (χ3n) is 2.52. The molecular weight excluding hydrogens is 268 g/mol. The fourth-order valence-electron chi connectivity index (χ4n) is 1.59. The molecule has 9 heteroatoms. The molecule has 2 aromatic rings. The maximum Gasteiger partial charge on any atom is 0.338 e. The van der Waals surface area contributed by atoms with Crippen molar-refractivity contribution in [1.29, 1.82) is 0 Å². The van der Waals surface area contributed by atoms with Crippen molar-refractivity contribution >= 4 is 17.3 Å². The van der Waals surface area contributed by atoms with E-state index in [0.29, 0.717) is 24.5 Å². The highest BCUT2D eigenvalue weighted by atomic mass is 16.6. The molecule has 1 aromatic heterocycles. The molecule has 0 aliphatic rings. The Morgan fingerprint density at radius 2 is 2.30 bits per heavy atom. The number of carboxylic acid groups (broad SMARTS) is 1. The van der Waals surface area contributed by atoms with E-state index < -0.39 is 10.9 Å². The number of nitrogens with one attached hydrogen (secondary N) is 1. The smallest absolute Gasteiger partial charge is 0.338 e. The lowest BCUT2D eigenvalue weighted by Crippen LogP contribution is -2.10. The van der Waals surface area contributed by atoms with Gasteiger partial charge in [-0.25, -0.2) is 4.79 Å². The van der Waals surface area contributed by atoms with Crippen molar-refractivity contribution < 1.29 is 19.3 Å². The molecule has 0 unspecified atom stereocenters. The Balaban J connectivity index is 2.10. The monoisotopic (exact) mass is 278 g/mol. The molecule has 0 fully saturated rings. The first-order valence-corrected chi connectivity index (χ1v) is 5.59. The second-order valence-corrected chi connectivity index (χ2v) is 3.82. The van der Waals surface area contributed by atoms with E-state index in [2.05, 4.69) is 20.0 Å². The molecule has 0 amide bonds. The molecule has 20 heavy (non-hydrogen) atoms. The number of hydrogen-bond acceptors (Lipinski definition) is 7. The van der Waals surface area contributed by atoms with Crippen LogP contribution < -0.4 is 5.32 Å². The molecule has 1 aromatic carbocycles. The zero-order chi connectivity index (χ0) is 14.5. The van der Waals surface area contributed by atoms with Gasteiger partial charge in [0.25, 0.3) is 5.69 Å². The lowest BCUT2D eigenvalue weighted by atomic mass is 10.1. The van der Waals surface area contributed by atoms with Crippen LogP contribution in [0.25, 0.3) is 0 Å². The molecule has 2 rings (SSSR count). The van der Waals surface area contributed by atoms with Gasteiger partial charge in [-0.2, -0.15) is 4.98 Å². The fourth-order valence-corrected chi connectivity index (χ4v) is 1.59. The van der Waals surface area contributed by atoms with Crippen molar-refractivity contribution in [1.82, 2.24) is 10.1 Å². The number of nitro groups is 1. The summed E-state index contributed by atoms with van der Waals surface area (Å²) in [5.74, 6) is -0.757. The number of nitrogens with zero attached hydrogens (tertiary/aromatic N) is 3. The zero-order valence-corrected chi connectivity index (χ0v) is 10.1. The molecule has 0 radical (unpaired) electrons. The Morgan fingerprint density at radius 3 is 2.90 bits per heavy atom. The summed E-state index contributed by atoms with van der Waals surface area (Å²) in [6.07, 6.45) is 1.64. The van der Waals surface area contributed by atoms with Crippen molar-refractivity contribution in [2.75, 3.05) is 11.9 Å². The molecular formula is C11H10N4O5. The van der Waals surface area contributed by atoms with Crippen LogP contribution >= 0.6 is 0 Å². The van der Waals surface area contributed by atoms with E-state index in [1.54, 1.807) is 0 Å². The van der Waals surface area contributed by atoms with Crippen molar-refractivity contribution in [2.24, 2.45) is 0 Å². The van der Waals surface area contributed by atoms with E-state index in [9.17, 15) is 14.9 Å². The number of hydrogen-bond donors (Lipinski definition) is 2. The standard InChI is InChI=1S/C11H10N4O5/c16-11(17)8-5-7(15(18)19)1-2-9(8)12-4-3-10-13-6-20-14-10/h1-2,5-6,12H,3-4H2,(H,16,17). The summed E-state index contributed by atoms with van der Waals surface area (Å²) >= 11 is 0. The normalized spacial score (nSPS) is 10.2. The van der Waals surface area contributed by atoms with Gasteiger partial charge in [-0.05, 0) is 6.07 Å². The third-order valence-corrected chi connectivity index (χ3v) is 2.52. The van der Waals surface area contributed by atoms with E-state index in [-0.39, 0.29) is 11.3 Å².